The van der Waals surface area contributed by atoms with Crippen LogP contribution in [-0.2, 0) is 6.54 Å². The summed E-state index contributed by atoms with van der Waals surface area (Å²) < 4.78 is 0. The van der Waals surface area contributed by atoms with Gasteiger partial charge in [-0.15, -0.1) is 0 Å². The second-order valence-corrected chi connectivity index (χ2v) is 4.68. The molecule has 5 nitrogen and oxygen atoms in total. The fourth-order valence-corrected chi connectivity index (χ4v) is 2.42. The van der Waals surface area contributed by atoms with Crippen LogP contribution in [0.25, 0.3) is 22.2 Å². The zero-order chi connectivity index (χ0) is 14.1. The van der Waals surface area contributed by atoms with Gasteiger partial charge in [-0.25, -0.2) is 4.98 Å². The van der Waals surface area contributed by atoms with Crippen LogP contribution in [0, 0.1) is 0 Å². The van der Waals surface area contributed by atoms with E-state index in [-0.39, 0.29) is 0 Å². The first kappa shape index (κ1) is 12.5. The number of nitrogen functional groups attached to an aromatic ring is 1. The number of nitrogens with two attached hydrogens (primary N) is 2. The summed E-state index contributed by atoms with van der Waals surface area (Å²) in [5.41, 5.74) is 16.6. The first-order valence-corrected chi connectivity index (χ1v) is 6.47. The Labute approximate surface area is 117 Å². The van der Waals surface area contributed by atoms with Crippen molar-refractivity contribution in [2.75, 3.05) is 18.1 Å². The van der Waals surface area contributed by atoms with Crippen molar-refractivity contribution in [3.8, 4) is 11.3 Å². The van der Waals surface area contributed by atoms with E-state index in [9.17, 15) is 0 Å². The lowest BCUT2D eigenvalue weighted by molar-refractivity contribution is 1.08. The summed E-state index contributed by atoms with van der Waals surface area (Å²) in [6, 6.07) is 10.2. The summed E-state index contributed by atoms with van der Waals surface area (Å²) in [5.74, 6) is 0.492. The van der Waals surface area contributed by atoms with Crippen molar-refractivity contribution in [1.82, 2.24) is 9.97 Å². The molecule has 3 rings (SSSR count). The molecule has 0 fully saturated rings. The van der Waals surface area contributed by atoms with E-state index < -0.39 is 0 Å². The summed E-state index contributed by atoms with van der Waals surface area (Å²) in [6.07, 6.45) is 1.71. The highest BCUT2D eigenvalue weighted by molar-refractivity contribution is 5.91. The van der Waals surface area contributed by atoms with Gasteiger partial charge < -0.3 is 21.8 Å². The molecule has 0 spiro atoms. The van der Waals surface area contributed by atoms with Crippen LogP contribution in [-0.4, -0.2) is 17.0 Å². The van der Waals surface area contributed by atoms with Crippen LogP contribution in [0.4, 0.5) is 11.5 Å². The molecule has 0 saturated carbocycles. The number of fused-ring (bicyclic) bond motifs is 1. The van der Waals surface area contributed by atoms with Crippen molar-refractivity contribution in [3.63, 3.8) is 0 Å². The van der Waals surface area contributed by atoms with Gasteiger partial charge in [0.1, 0.15) is 5.82 Å². The Hall–Kier alpha value is -2.53. The highest BCUT2D eigenvalue weighted by Gasteiger charge is 2.10. The largest absolute Gasteiger partial charge is 0.385 e. The third-order valence-corrected chi connectivity index (χ3v) is 3.44. The molecular formula is C15H17N5. The van der Waals surface area contributed by atoms with Crippen LogP contribution < -0.4 is 16.8 Å². The first-order chi connectivity index (χ1) is 9.72. The van der Waals surface area contributed by atoms with Crippen molar-refractivity contribution in [2.45, 2.75) is 6.54 Å². The van der Waals surface area contributed by atoms with Gasteiger partial charge in [-0.1, -0.05) is 6.07 Å². The number of aromatic nitrogens is 2. The van der Waals surface area contributed by atoms with E-state index in [0.717, 1.165) is 33.4 Å². The standard InChI is InChI=1S/C15H17N5/c1-18-14-11(4-5-19-15(14)17)13-7-10-6-9(8-16)2-3-12(10)20-13/h2-7,18,20H,8,16H2,1H3,(H2,17,19). The molecule has 3 aromatic rings. The topological polar surface area (TPSA) is 92.7 Å². The molecule has 0 radical (unpaired) electrons. The molecule has 2 heterocycles. The van der Waals surface area contributed by atoms with Crippen molar-refractivity contribution in [3.05, 3.63) is 42.1 Å². The molecule has 0 unspecified atom stereocenters. The highest BCUT2D eigenvalue weighted by atomic mass is 14.9. The second-order valence-electron chi connectivity index (χ2n) is 4.68. The van der Waals surface area contributed by atoms with Crippen molar-refractivity contribution < 1.29 is 0 Å². The van der Waals surface area contributed by atoms with Crippen LogP contribution in [0.15, 0.2) is 36.5 Å². The van der Waals surface area contributed by atoms with Crippen LogP contribution in [0.3, 0.4) is 0 Å². The Kier molecular flexibility index (Phi) is 3.04. The molecule has 20 heavy (non-hydrogen) atoms. The molecule has 0 aliphatic carbocycles. The Morgan fingerprint density at radius 3 is 2.85 bits per heavy atom. The lowest BCUT2D eigenvalue weighted by atomic mass is 10.1. The fraction of sp³-hybridized carbons (Fsp3) is 0.133. The Bertz CT molecular complexity index is 760. The number of aromatic amines is 1. The number of hydrogen-bond acceptors (Lipinski definition) is 4. The quantitative estimate of drug-likeness (QED) is 0.586. The SMILES string of the molecule is CNc1c(-c2cc3cc(CN)ccc3[nH]2)ccnc1N. The smallest absolute Gasteiger partial charge is 0.147 e. The minimum absolute atomic E-state index is 0.492. The van der Waals surface area contributed by atoms with E-state index in [1.54, 1.807) is 6.20 Å². The van der Waals surface area contributed by atoms with Gasteiger partial charge in [0.25, 0.3) is 0 Å². The van der Waals surface area contributed by atoms with E-state index in [4.69, 9.17) is 11.5 Å². The van der Waals surface area contributed by atoms with E-state index in [2.05, 4.69) is 27.4 Å². The maximum absolute atomic E-state index is 5.91. The zero-order valence-corrected chi connectivity index (χ0v) is 11.3. The number of anilines is 2. The van der Waals surface area contributed by atoms with E-state index in [0.29, 0.717) is 12.4 Å². The lowest BCUT2D eigenvalue weighted by Crippen LogP contribution is -2.00. The number of H-pyrrole nitrogens is 1. The molecule has 0 aliphatic rings. The van der Waals surface area contributed by atoms with Gasteiger partial charge in [0.05, 0.1) is 5.69 Å². The molecule has 0 amide bonds. The average Bonchev–Trinajstić information content (AvgIpc) is 2.89. The molecule has 0 saturated heterocycles. The predicted octanol–water partition coefficient (Wildman–Crippen LogP) is 2.31. The molecule has 2 aromatic heterocycles. The summed E-state index contributed by atoms with van der Waals surface area (Å²) in [6.45, 7) is 0.542. The van der Waals surface area contributed by atoms with E-state index >= 15 is 0 Å². The van der Waals surface area contributed by atoms with Crippen LogP contribution >= 0.6 is 0 Å². The van der Waals surface area contributed by atoms with E-state index in [1.807, 2.05) is 25.2 Å². The maximum Gasteiger partial charge on any atom is 0.147 e. The van der Waals surface area contributed by atoms with Crippen LogP contribution in [0.1, 0.15) is 5.56 Å². The minimum atomic E-state index is 0.492. The van der Waals surface area contributed by atoms with Crippen molar-refractivity contribution >= 4 is 22.4 Å². The van der Waals surface area contributed by atoms with Gasteiger partial charge in [0.2, 0.25) is 0 Å². The normalized spacial score (nSPS) is 10.9. The van der Waals surface area contributed by atoms with E-state index in [1.165, 1.54) is 0 Å². The number of hydrogen-bond donors (Lipinski definition) is 4. The third kappa shape index (κ3) is 1.98. The first-order valence-electron chi connectivity index (χ1n) is 6.47. The molecule has 102 valence electrons. The van der Waals surface area contributed by atoms with Gasteiger partial charge >= 0.3 is 0 Å². The van der Waals surface area contributed by atoms with Crippen molar-refractivity contribution in [1.29, 1.82) is 0 Å². The summed E-state index contributed by atoms with van der Waals surface area (Å²) in [7, 11) is 1.84. The maximum atomic E-state index is 5.91. The monoisotopic (exact) mass is 267 g/mol. The molecular weight excluding hydrogens is 250 g/mol. The summed E-state index contributed by atoms with van der Waals surface area (Å²) in [5, 5.41) is 4.24. The predicted molar refractivity (Wildman–Crippen MR) is 83.4 cm³/mol. The summed E-state index contributed by atoms with van der Waals surface area (Å²) in [4.78, 5) is 7.50. The number of rotatable bonds is 3. The van der Waals surface area contributed by atoms with Crippen LogP contribution in [0.2, 0.25) is 0 Å². The molecule has 0 atom stereocenters. The minimum Gasteiger partial charge on any atom is -0.385 e. The Balaban J connectivity index is 2.17. The summed E-state index contributed by atoms with van der Waals surface area (Å²) >= 11 is 0. The van der Waals surface area contributed by atoms with Gasteiger partial charge in [-0.2, -0.15) is 0 Å². The fourth-order valence-electron chi connectivity index (χ4n) is 2.42. The van der Waals surface area contributed by atoms with Gasteiger partial charge in [-0.3, -0.25) is 0 Å². The van der Waals surface area contributed by atoms with Gasteiger partial charge in [0.15, 0.2) is 0 Å². The van der Waals surface area contributed by atoms with Crippen LogP contribution in [0.5, 0.6) is 0 Å². The average molecular weight is 267 g/mol. The lowest BCUT2D eigenvalue weighted by Gasteiger charge is -2.09. The molecule has 1 aromatic carbocycles. The molecule has 0 aliphatic heterocycles. The zero-order valence-electron chi connectivity index (χ0n) is 11.3. The number of benzene rings is 1. The molecule has 0 bridgehead atoms. The second kappa shape index (κ2) is 4.86. The highest BCUT2D eigenvalue weighted by Crippen LogP contribution is 2.32. The van der Waals surface area contributed by atoms with Gasteiger partial charge in [-0.05, 0) is 29.8 Å². The third-order valence-electron chi connectivity index (χ3n) is 3.44. The molecule has 5 heteroatoms. The Morgan fingerprint density at radius 1 is 1.25 bits per heavy atom. The number of pyridine rings is 1. The molecule has 6 N–H and O–H groups in total. The van der Waals surface area contributed by atoms with Crippen molar-refractivity contribution in [2.24, 2.45) is 5.73 Å². The number of nitrogens with zero attached hydrogens (tertiary/aromatic N) is 1. The Morgan fingerprint density at radius 2 is 2.10 bits per heavy atom. The number of nitrogens with one attached hydrogen (secondary N) is 2. The van der Waals surface area contributed by atoms with Gasteiger partial charge in [0, 0.05) is 41.9 Å².